The van der Waals surface area contributed by atoms with Crippen LogP contribution in [0.25, 0.3) is 0 Å². The van der Waals surface area contributed by atoms with Crippen LogP contribution in [0.4, 0.5) is 5.69 Å². The summed E-state index contributed by atoms with van der Waals surface area (Å²) < 4.78 is 26.7. The van der Waals surface area contributed by atoms with Crippen LogP contribution < -0.4 is 10.5 Å². The third-order valence-corrected chi connectivity index (χ3v) is 5.08. The van der Waals surface area contributed by atoms with Crippen LogP contribution in [-0.4, -0.2) is 15.0 Å². The molecule has 3 N–H and O–H groups in total. The van der Waals surface area contributed by atoms with Gasteiger partial charge in [-0.25, -0.2) is 13.1 Å². The van der Waals surface area contributed by atoms with Crippen molar-refractivity contribution in [2.75, 3.05) is 12.3 Å². The highest BCUT2D eigenvalue weighted by Crippen LogP contribution is 2.32. The Hall–Kier alpha value is -0.780. The maximum Gasteiger partial charge on any atom is 0.242 e. The molecule has 0 aliphatic heterocycles. The first-order valence-electron chi connectivity index (χ1n) is 5.95. The number of halogens is 1. The van der Waals surface area contributed by atoms with E-state index in [9.17, 15) is 8.42 Å². The number of rotatable bonds is 5. The van der Waals surface area contributed by atoms with E-state index in [1.54, 1.807) is 13.0 Å². The summed E-state index contributed by atoms with van der Waals surface area (Å²) in [6.45, 7) is 2.25. The molecule has 0 radical (unpaired) electrons. The molecule has 0 spiro atoms. The number of anilines is 1. The Bertz CT molecular complexity index is 553. The first kappa shape index (κ1) is 13.6. The van der Waals surface area contributed by atoms with Crippen molar-refractivity contribution >= 4 is 27.3 Å². The summed E-state index contributed by atoms with van der Waals surface area (Å²) in [7, 11) is -3.56. The molecule has 1 aromatic carbocycles. The van der Waals surface area contributed by atoms with Gasteiger partial charge in [-0.05, 0) is 37.0 Å². The molecule has 1 fully saturated rings. The van der Waals surface area contributed by atoms with Crippen LogP contribution >= 0.6 is 11.6 Å². The second-order valence-corrected chi connectivity index (χ2v) is 6.91. The molecular formula is C12H17ClN2O2S. The van der Waals surface area contributed by atoms with Gasteiger partial charge in [0.25, 0.3) is 0 Å². The van der Waals surface area contributed by atoms with Gasteiger partial charge in [0.1, 0.15) is 4.90 Å². The summed E-state index contributed by atoms with van der Waals surface area (Å²) in [6.07, 6.45) is 3.30. The first-order valence-corrected chi connectivity index (χ1v) is 7.81. The molecule has 0 amide bonds. The fourth-order valence-corrected chi connectivity index (χ4v) is 3.42. The van der Waals surface area contributed by atoms with Crippen molar-refractivity contribution in [2.24, 2.45) is 5.92 Å². The molecule has 0 bridgehead atoms. The molecular weight excluding hydrogens is 272 g/mol. The number of hydrogen-bond acceptors (Lipinski definition) is 3. The Morgan fingerprint density at radius 3 is 2.72 bits per heavy atom. The average Bonchev–Trinajstić information content (AvgIpc) is 3.07. The van der Waals surface area contributed by atoms with Crippen LogP contribution in [0.2, 0.25) is 5.02 Å². The lowest BCUT2D eigenvalue weighted by atomic mass is 10.2. The van der Waals surface area contributed by atoms with Gasteiger partial charge in [-0.2, -0.15) is 0 Å². The Balaban J connectivity index is 2.14. The van der Waals surface area contributed by atoms with Gasteiger partial charge in [-0.3, -0.25) is 0 Å². The van der Waals surface area contributed by atoms with E-state index in [0.29, 0.717) is 18.2 Å². The highest BCUT2D eigenvalue weighted by atomic mass is 35.5. The van der Waals surface area contributed by atoms with Crippen molar-refractivity contribution in [2.45, 2.75) is 31.1 Å². The molecule has 4 nitrogen and oxygen atoms in total. The summed E-state index contributed by atoms with van der Waals surface area (Å²) in [5, 5.41) is 0.209. The van der Waals surface area contributed by atoms with E-state index in [2.05, 4.69) is 4.72 Å². The van der Waals surface area contributed by atoms with Crippen LogP contribution in [-0.2, 0) is 10.0 Å². The van der Waals surface area contributed by atoms with Crippen LogP contribution in [0, 0.1) is 12.8 Å². The Morgan fingerprint density at radius 2 is 2.11 bits per heavy atom. The number of nitrogen functional groups attached to an aromatic ring is 1. The van der Waals surface area contributed by atoms with Crippen LogP contribution in [0.15, 0.2) is 17.0 Å². The molecule has 1 aliphatic rings. The minimum absolute atomic E-state index is 0.0584. The van der Waals surface area contributed by atoms with E-state index in [1.807, 2.05) is 0 Å². The molecule has 0 heterocycles. The zero-order valence-electron chi connectivity index (χ0n) is 10.2. The van der Waals surface area contributed by atoms with E-state index < -0.39 is 10.0 Å². The van der Waals surface area contributed by atoms with Crippen molar-refractivity contribution in [1.29, 1.82) is 0 Å². The molecule has 0 atom stereocenters. The number of nitrogens with two attached hydrogens (primary N) is 1. The van der Waals surface area contributed by atoms with E-state index >= 15 is 0 Å². The van der Waals surface area contributed by atoms with Gasteiger partial charge < -0.3 is 5.73 Å². The Morgan fingerprint density at radius 1 is 1.44 bits per heavy atom. The number of benzene rings is 1. The molecule has 0 aromatic heterocycles. The van der Waals surface area contributed by atoms with Gasteiger partial charge in [0.05, 0.1) is 5.02 Å². The molecule has 1 aliphatic carbocycles. The summed E-state index contributed by atoms with van der Waals surface area (Å²) >= 11 is 5.97. The Kier molecular flexibility index (Phi) is 3.84. The molecule has 18 heavy (non-hydrogen) atoms. The molecule has 0 saturated heterocycles. The average molecular weight is 289 g/mol. The largest absolute Gasteiger partial charge is 0.398 e. The zero-order chi connectivity index (χ0) is 13.3. The van der Waals surface area contributed by atoms with Crippen molar-refractivity contribution in [1.82, 2.24) is 4.72 Å². The molecule has 1 aromatic rings. The van der Waals surface area contributed by atoms with Gasteiger partial charge in [0.15, 0.2) is 0 Å². The van der Waals surface area contributed by atoms with Gasteiger partial charge >= 0.3 is 0 Å². The Labute approximate surface area is 113 Å². The quantitative estimate of drug-likeness (QED) is 0.817. The highest BCUT2D eigenvalue weighted by Gasteiger charge is 2.23. The molecule has 1 saturated carbocycles. The lowest BCUT2D eigenvalue weighted by Gasteiger charge is -2.10. The monoisotopic (exact) mass is 288 g/mol. The van der Waals surface area contributed by atoms with E-state index in [4.69, 9.17) is 17.3 Å². The lowest BCUT2D eigenvalue weighted by Crippen LogP contribution is -2.25. The van der Waals surface area contributed by atoms with Crippen molar-refractivity contribution in [3.63, 3.8) is 0 Å². The second kappa shape index (κ2) is 5.07. The topological polar surface area (TPSA) is 72.2 Å². The van der Waals surface area contributed by atoms with Crippen LogP contribution in [0.5, 0.6) is 0 Å². The van der Waals surface area contributed by atoms with Crippen LogP contribution in [0.1, 0.15) is 24.8 Å². The first-order chi connectivity index (χ1) is 8.40. The second-order valence-electron chi connectivity index (χ2n) is 4.77. The summed E-state index contributed by atoms with van der Waals surface area (Å²) in [5.41, 5.74) is 6.93. The summed E-state index contributed by atoms with van der Waals surface area (Å²) in [6, 6.07) is 2.99. The van der Waals surface area contributed by atoms with E-state index in [1.165, 1.54) is 18.9 Å². The maximum atomic E-state index is 12.1. The zero-order valence-corrected chi connectivity index (χ0v) is 11.8. The predicted molar refractivity (Wildman–Crippen MR) is 73.1 cm³/mol. The fourth-order valence-electron chi connectivity index (χ4n) is 1.76. The maximum absolute atomic E-state index is 12.1. The SMILES string of the molecule is Cc1cc(Cl)c(S(=O)(=O)NCCC2CC2)cc1N. The minimum Gasteiger partial charge on any atom is -0.398 e. The van der Waals surface area contributed by atoms with Crippen molar-refractivity contribution in [3.05, 3.63) is 22.7 Å². The van der Waals surface area contributed by atoms with Crippen LogP contribution in [0.3, 0.4) is 0 Å². The molecule has 2 rings (SSSR count). The molecule has 100 valence electrons. The van der Waals surface area contributed by atoms with Gasteiger partial charge in [-0.15, -0.1) is 0 Å². The molecule has 6 heteroatoms. The van der Waals surface area contributed by atoms with E-state index in [-0.39, 0.29) is 9.92 Å². The third-order valence-electron chi connectivity index (χ3n) is 3.15. The van der Waals surface area contributed by atoms with Crippen molar-refractivity contribution in [3.8, 4) is 0 Å². The fraction of sp³-hybridized carbons (Fsp3) is 0.500. The van der Waals surface area contributed by atoms with E-state index in [0.717, 1.165) is 12.0 Å². The van der Waals surface area contributed by atoms with Gasteiger partial charge in [0.2, 0.25) is 10.0 Å². The smallest absolute Gasteiger partial charge is 0.242 e. The number of nitrogens with one attached hydrogen (secondary N) is 1. The third kappa shape index (κ3) is 3.16. The predicted octanol–water partition coefficient (Wildman–Crippen LogP) is 2.31. The summed E-state index contributed by atoms with van der Waals surface area (Å²) in [5.74, 6) is 0.686. The standard InChI is InChI=1S/C12H17ClN2O2S/c1-8-6-10(13)12(7-11(8)14)18(16,17)15-5-4-9-2-3-9/h6-7,9,15H,2-5,14H2,1H3. The summed E-state index contributed by atoms with van der Waals surface area (Å²) in [4.78, 5) is 0.0584. The molecule has 0 unspecified atom stereocenters. The number of aryl methyl sites for hydroxylation is 1. The minimum atomic E-state index is -3.56. The highest BCUT2D eigenvalue weighted by molar-refractivity contribution is 7.89. The normalized spacial score (nSPS) is 15.9. The lowest BCUT2D eigenvalue weighted by molar-refractivity contribution is 0.575. The van der Waals surface area contributed by atoms with Crippen molar-refractivity contribution < 1.29 is 8.42 Å². The number of sulfonamides is 1. The van der Waals surface area contributed by atoms with Gasteiger partial charge in [0, 0.05) is 12.2 Å². The number of hydrogen-bond donors (Lipinski definition) is 2. The van der Waals surface area contributed by atoms with Gasteiger partial charge in [-0.1, -0.05) is 24.4 Å².